The molecule has 4 nitrogen and oxygen atoms in total. The Morgan fingerprint density at radius 3 is 2.30 bits per heavy atom. The average molecular weight is 283 g/mol. The van der Waals surface area contributed by atoms with Crippen molar-refractivity contribution < 1.29 is 22.7 Å². The molecule has 20 heavy (non-hydrogen) atoms. The molecule has 0 atom stereocenters. The molecule has 0 bridgehead atoms. The molecule has 2 rings (SSSR count). The summed E-state index contributed by atoms with van der Waals surface area (Å²) >= 11 is 0. The van der Waals surface area contributed by atoms with E-state index in [-0.39, 0.29) is 11.3 Å². The zero-order chi connectivity index (χ0) is 14.8. The molecule has 1 heterocycles. The second kappa shape index (κ2) is 5.20. The Labute approximate surface area is 111 Å². The highest BCUT2D eigenvalue weighted by Gasteiger charge is 2.30. The lowest BCUT2D eigenvalue weighted by atomic mass is 10.2. The number of aromatic nitrogens is 1. The van der Waals surface area contributed by atoms with E-state index in [0.717, 1.165) is 16.7 Å². The van der Waals surface area contributed by atoms with Crippen LogP contribution in [0, 0.1) is 0 Å². The number of nitrogens with zero attached hydrogens (tertiary/aromatic N) is 1. The van der Waals surface area contributed by atoms with E-state index >= 15 is 0 Å². The molecule has 0 unspecified atom stereocenters. The highest BCUT2D eigenvalue weighted by atomic mass is 19.4. The van der Waals surface area contributed by atoms with Gasteiger partial charge in [0, 0.05) is 11.9 Å². The van der Waals surface area contributed by atoms with Crippen molar-refractivity contribution in [2.45, 2.75) is 6.36 Å². The van der Waals surface area contributed by atoms with Gasteiger partial charge in [0.2, 0.25) is 0 Å². The smallest absolute Gasteiger partial charge is 0.406 e. The number of hydrogen-bond acceptors (Lipinski definition) is 3. The minimum absolute atomic E-state index is 0.0388. The maximum atomic E-state index is 12.0. The van der Waals surface area contributed by atoms with Crippen molar-refractivity contribution >= 4 is 6.29 Å². The third kappa shape index (κ3) is 3.05. The van der Waals surface area contributed by atoms with Crippen LogP contribution in [0.4, 0.5) is 13.2 Å². The first-order chi connectivity index (χ1) is 9.40. The molecule has 0 radical (unpaired) electrons. The van der Waals surface area contributed by atoms with Crippen molar-refractivity contribution in [2.75, 3.05) is 0 Å². The molecule has 0 aliphatic heterocycles. The van der Waals surface area contributed by atoms with Gasteiger partial charge in [-0.25, -0.2) is 0 Å². The van der Waals surface area contributed by atoms with Crippen LogP contribution in [0.25, 0.3) is 5.69 Å². The second-order valence-electron chi connectivity index (χ2n) is 3.80. The molecular weight excluding hydrogens is 275 g/mol. The van der Waals surface area contributed by atoms with Crippen LogP contribution in [0.2, 0.25) is 0 Å². The first kappa shape index (κ1) is 13.9. The summed E-state index contributed by atoms with van der Waals surface area (Å²) < 4.78 is 40.9. The van der Waals surface area contributed by atoms with Crippen molar-refractivity contribution in [2.24, 2.45) is 0 Å². The SMILES string of the molecule is O=Cc1cccn(-c2ccc(OC(F)(F)F)cc2)c1=O. The van der Waals surface area contributed by atoms with Crippen LogP contribution in [-0.2, 0) is 0 Å². The molecule has 0 aliphatic rings. The van der Waals surface area contributed by atoms with E-state index in [2.05, 4.69) is 4.74 Å². The minimum atomic E-state index is -4.77. The highest BCUT2D eigenvalue weighted by Crippen LogP contribution is 2.23. The van der Waals surface area contributed by atoms with E-state index in [9.17, 15) is 22.8 Å². The monoisotopic (exact) mass is 283 g/mol. The fraction of sp³-hybridized carbons (Fsp3) is 0.0769. The fourth-order valence-corrected chi connectivity index (χ4v) is 1.61. The lowest BCUT2D eigenvalue weighted by Gasteiger charge is -2.10. The van der Waals surface area contributed by atoms with Gasteiger partial charge in [-0.05, 0) is 36.4 Å². The summed E-state index contributed by atoms with van der Waals surface area (Å²) in [5, 5.41) is 0. The number of carbonyl (C=O) groups is 1. The van der Waals surface area contributed by atoms with Gasteiger partial charge in [-0.1, -0.05) is 0 Å². The normalized spacial score (nSPS) is 11.2. The number of halogens is 3. The summed E-state index contributed by atoms with van der Waals surface area (Å²) in [6.45, 7) is 0. The summed E-state index contributed by atoms with van der Waals surface area (Å²) in [7, 11) is 0. The van der Waals surface area contributed by atoms with Crippen LogP contribution in [0.5, 0.6) is 5.75 Å². The quantitative estimate of drug-likeness (QED) is 0.813. The van der Waals surface area contributed by atoms with E-state index < -0.39 is 11.9 Å². The molecule has 0 N–H and O–H groups in total. The molecule has 0 saturated heterocycles. The van der Waals surface area contributed by atoms with Crippen LogP contribution in [-0.4, -0.2) is 17.2 Å². The van der Waals surface area contributed by atoms with Gasteiger partial charge in [-0.15, -0.1) is 13.2 Å². The van der Waals surface area contributed by atoms with E-state index in [0.29, 0.717) is 12.0 Å². The first-order valence-corrected chi connectivity index (χ1v) is 5.44. The van der Waals surface area contributed by atoms with Crippen molar-refractivity contribution in [3.8, 4) is 11.4 Å². The lowest BCUT2D eigenvalue weighted by Crippen LogP contribution is -2.21. The molecule has 104 valence electrons. The largest absolute Gasteiger partial charge is 0.573 e. The Morgan fingerprint density at radius 2 is 1.75 bits per heavy atom. The number of ether oxygens (including phenoxy) is 1. The maximum absolute atomic E-state index is 12.0. The molecule has 0 saturated carbocycles. The molecule has 0 spiro atoms. The number of pyridine rings is 1. The highest BCUT2D eigenvalue weighted by molar-refractivity contribution is 5.74. The molecular formula is C13H8F3NO3. The van der Waals surface area contributed by atoms with Crippen molar-refractivity contribution in [3.63, 3.8) is 0 Å². The molecule has 1 aromatic carbocycles. The van der Waals surface area contributed by atoms with E-state index in [4.69, 9.17) is 0 Å². The van der Waals surface area contributed by atoms with Crippen LogP contribution >= 0.6 is 0 Å². The first-order valence-electron chi connectivity index (χ1n) is 5.44. The molecule has 0 amide bonds. The summed E-state index contributed by atoms with van der Waals surface area (Å²) in [5.74, 6) is -0.388. The van der Waals surface area contributed by atoms with Crippen LogP contribution < -0.4 is 10.3 Å². The number of rotatable bonds is 3. The van der Waals surface area contributed by atoms with E-state index in [1.165, 1.54) is 30.5 Å². The topological polar surface area (TPSA) is 48.3 Å². The standard InChI is InChI=1S/C13H8F3NO3/c14-13(15,16)20-11-5-3-10(4-6-11)17-7-1-2-9(8-18)12(17)19/h1-8H. The Hall–Kier alpha value is -2.57. The Balaban J connectivity index is 2.36. The Morgan fingerprint density at radius 1 is 1.10 bits per heavy atom. The fourth-order valence-electron chi connectivity index (χ4n) is 1.61. The van der Waals surface area contributed by atoms with Gasteiger partial charge in [-0.2, -0.15) is 0 Å². The minimum Gasteiger partial charge on any atom is -0.406 e. The third-order valence-electron chi connectivity index (χ3n) is 2.45. The number of aldehydes is 1. The average Bonchev–Trinajstić information content (AvgIpc) is 2.38. The lowest BCUT2D eigenvalue weighted by molar-refractivity contribution is -0.274. The predicted octanol–water partition coefficient (Wildman–Crippen LogP) is 2.55. The number of carbonyl (C=O) groups excluding carboxylic acids is 1. The Kier molecular flexibility index (Phi) is 3.60. The van der Waals surface area contributed by atoms with Gasteiger partial charge < -0.3 is 4.74 Å². The van der Waals surface area contributed by atoms with Gasteiger partial charge in [-0.3, -0.25) is 14.2 Å². The summed E-state index contributed by atoms with van der Waals surface area (Å²) in [6.07, 6.45) is -2.94. The van der Waals surface area contributed by atoms with Gasteiger partial charge in [0.25, 0.3) is 5.56 Å². The van der Waals surface area contributed by atoms with Crippen molar-refractivity contribution in [1.82, 2.24) is 4.57 Å². The zero-order valence-electron chi connectivity index (χ0n) is 9.92. The van der Waals surface area contributed by atoms with Gasteiger partial charge >= 0.3 is 6.36 Å². The summed E-state index contributed by atoms with van der Waals surface area (Å²) in [6, 6.07) is 7.60. The van der Waals surface area contributed by atoms with Gasteiger partial charge in [0.05, 0.1) is 5.56 Å². The van der Waals surface area contributed by atoms with Gasteiger partial charge in [0.1, 0.15) is 5.75 Å². The molecule has 0 aliphatic carbocycles. The van der Waals surface area contributed by atoms with Gasteiger partial charge in [0.15, 0.2) is 6.29 Å². The van der Waals surface area contributed by atoms with Crippen molar-refractivity contribution in [3.05, 3.63) is 58.5 Å². The number of alkyl halides is 3. The molecule has 1 aromatic heterocycles. The third-order valence-corrected chi connectivity index (χ3v) is 2.45. The second-order valence-corrected chi connectivity index (χ2v) is 3.80. The number of benzene rings is 1. The summed E-state index contributed by atoms with van der Waals surface area (Å²) in [4.78, 5) is 22.5. The van der Waals surface area contributed by atoms with Crippen LogP contribution in [0.15, 0.2) is 47.4 Å². The predicted molar refractivity (Wildman–Crippen MR) is 64.1 cm³/mol. The van der Waals surface area contributed by atoms with Crippen molar-refractivity contribution in [1.29, 1.82) is 0 Å². The van der Waals surface area contributed by atoms with Crippen LogP contribution in [0.3, 0.4) is 0 Å². The maximum Gasteiger partial charge on any atom is 0.573 e. The van der Waals surface area contributed by atoms with E-state index in [1.54, 1.807) is 0 Å². The zero-order valence-corrected chi connectivity index (χ0v) is 9.92. The van der Waals surface area contributed by atoms with E-state index in [1.807, 2.05) is 0 Å². The number of hydrogen-bond donors (Lipinski definition) is 0. The van der Waals surface area contributed by atoms with Crippen LogP contribution in [0.1, 0.15) is 10.4 Å². The molecule has 2 aromatic rings. The molecule has 0 fully saturated rings. The summed E-state index contributed by atoms with van der Waals surface area (Å²) in [5.41, 5.74) is -0.261. The Bertz CT molecular complexity index is 674. The molecule has 7 heteroatoms.